The zero-order valence-electron chi connectivity index (χ0n) is 19.3. The predicted molar refractivity (Wildman–Crippen MR) is 117 cm³/mol. The predicted octanol–water partition coefficient (Wildman–Crippen LogP) is 4.41. The Labute approximate surface area is 176 Å². The van der Waals surface area contributed by atoms with Crippen molar-refractivity contribution in [2.75, 3.05) is 13.1 Å². The number of aryl methyl sites for hydroxylation is 1. The zero-order valence-corrected chi connectivity index (χ0v) is 19.3. The van der Waals surface area contributed by atoms with Gasteiger partial charge in [-0.1, -0.05) is 23.8 Å². The van der Waals surface area contributed by atoms with Crippen molar-refractivity contribution in [3.05, 3.63) is 29.3 Å². The van der Waals surface area contributed by atoms with E-state index in [1.807, 2.05) is 25.7 Å². The summed E-state index contributed by atoms with van der Waals surface area (Å²) >= 11 is 0. The fraction of sp³-hybridized carbons (Fsp3) is 0.696. The number of nitrogens with zero attached hydrogens (tertiary/aromatic N) is 1. The Balaban J connectivity index is 1.85. The molecule has 3 rings (SSSR count). The molecular weight excluding hydrogens is 365 g/mol. The Hall–Kier alpha value is -1.53. The minimum absolute atomic E-state index is 0.230. The van der Waals surface area contributed by atoms with Crippen molar-refractivity contribution in [2.45, 2.75) is 91.0 Å². The number of benzene rings is 1. The van der Waals surface area contributed by atoms with Gasteiger partial charge in [0.2, 0.25) is 0 Å². The first-order chi connectivity index (χ1) is 13.3. The fourth-order valence-electron chi connectivity index (χ4n) is 3.96. The molecule has 1 aromatic carbocycles. The van der Waals surface area contributed by atoms with Crippen molar-refractivity contribution in [2.24, 2.45) is 0 Å². The summed E-state index contributed by atoms with van der Waals surface area (Å²) in [5.74, 6) is 0.241. The van der Waals surface area contributed by atoms with Gasteiger partial charge < -0.3 is 18.9 Å². The van der Waals surface area contributed by atoms with Crippen LogP contribution in [0.2, 0.25) is 0 Å². The molecule has 0 aromatic heterocycles. The Morgan fingerprint density at radius 3 is 2.38 bits per heavy atom. The van der Waals surface area contributed by atoms with Crippen LogP contribution < -0.4 is 5.46 Å². The maximum Gasteiger partial charge on any atom is 0.495 e. The maximum absolute atomic E-state index is 12.6. The molecule has 0 bridgehead atoms. The normalized spacial score (nSPS) is 23.9. The summed E-state index contributed by atoms with van der Waals surface area (Å²) in [6.07, 6.45) is 1.77. The minimum Gasteiger partial charge on any atom is -0.444 e. The van der Waals surface area contributed by atoms with Crippen molar-refractivity contribution in [1.29, 1.82) is 0 Å². The van der Waals surface area contributed by atoms with Crippen LogP contribution in [0.3, 0.4) is 0 Å². The van der Waals surface area contributed by atoms with Crippen LogP contribution in [0.4, 0.5) is 4.79 Å². The summed E-state index contributed by atoms with van der Waals surface area (Å²) in [7, 11) is -0.396. The van der Waals surface area contributed by atoms with Gasteiger partial charge in [-0.25, -0.2) is 4.79 Å². The highest BCUT2D eigenvalue weighted by Crippen LogP contribution is 2.37. The molecule has 160 valence electrons. The Kier molecular flexibility index (Phi) is 5.83. The maximum atomic E-state index is 12.6. The molecule has 1 amide bonds. The molecule has 1 aromatic rings. The highest BCUT2D eigenvalue weighted by molar-refractivity contribution is 6.62. The number of piperidine rings is 1. The molecule has 5 nitrogen and oxygen atoms in total. The van der Waals surface area contributed by atoms with Crippen LogP contribution in [0.25, 0.3) is 0 Å². The summed E-state index contributed by atoms with van der Waals surface area (Å²) in [4.78, 5) is 14.5. The van der Waals surface area contributed by atoms with E-state index in [-0.39, 0.29) is 23.2 Å². The second-order valence-electron chi connectivity index (χ2n) is 10.5. The van der Waals surface area contributed by atoms with Gasteiger partial charge in [-0.3, -0.25) is 0 Å². The number of hydrogen-bond donors (Lipinski definition) is 0. The van der Waals surface area contributed by atoms with Crippen molar-refractivity contribution in [3.63, 3.8) is 0 Å². The topological polar surface area (TPSA) is 48.0 Å². The summed E-state index contributed by atoms with van der Waals surface area (Å²) < 4.78 is 18.3. The lowest BCUT2D eigenvalue weighted by Gasteiger charge is -2.35. The van der Waals surface area contributed by atoms with E-state index in [1.54, 1.807) is 0 Å². The number of ether oxygens (including phenoxy) is 1. The van der Waals surface area contributed by atoms with E-state index in [0.717, 1.165) is 24.8 Å². The fourth-order valence-corrected chi connectivity index (χ4v) is 3.96. The Bertz CT molecular complexity index is 753. The Morgan fingerprint density at radius 2 is 1.79 bits per heavy atom. The van der Waals surface area contributed by atoms with Gasteiger partial charge >= 0.3 is 13.2 Å². The van der Waals surface area contributed by atoms with Crippen LogP contribution in [0.1, 0.15) is 78.4 Å². The van der Waals surface area contributed by atoms with E-state index in [2.05, 4.69) is 52.8 Å². The molecule has 0 saturated carbocycles. The molecule has 2 heterocycles. The summed E-state index contributed by atoms with van der Waals surface area (Å²) in [6, 6.07) is 6.46. The van der Waals surface area contributed by atoms with Gasteiger partial charge in [0.25, 0.3) is 0 Å². The quantitative estimate of drug-likeness (QED) is 0.689. The molecule has 0 spiro atoms. The van der Waals surface area contributed by atoms with Crippen molar-refractivity contribution in [3.8, 4) is 0 Å². The molecule has 1 unspecified atom stereocenters. The molecule has 2 fully saturated rings. The smallest absolute Gasteiger partial charge is 0.444 e. The first-order valence-electron chi connectivity index (χ1n) is 10.7. The van der Waals surface area contributed by atoms with E-state index in [1.165, 1.54) is 11.1 Å². The van der Waals surface area contributed by atoms with Crippen molar-refractivity contribution < 1.29 is 18.8 Å². The van der Waals surface area contributed by atoms with Gasteiger partial charge in [0.05, 0.1) is 11.2 Å². The second kappa shape index (κ2) is 7.62. The molecule has 0 radical (unpaired) electrons. The van der Waals surface area contributed by atoms with Gasteiger partial charge in [-0.05, 0) is 79.3 Å². The zero-order chi connectivity index (χ0) is 21.6. The van der Waals surface area contributed by atoms with Gasteiger partial charge in [-0.2, -0.15) is 0 Å². The molecule has 6 heteroatoms. The molecule has 2 aliphatic heterocycles. The third kappa shape index (κ3) is 4.80. The standard InChI is InChI=1S/C23H36BNO4/c1-16-11-12-19(24-28-22(5,6)23(7,8)29-24)18(14-16)17-10-9-13-25(15-17)20(26)27-21(2,3)4/h11-12,14,17H,9-10,13,15H2,1-8H3. The minimum atomic E-state index is -0.485. The third-order valence-corrected chi connectivity index (χ3v) is 6.26. The van der Waals surface area contributed by atoms with Crippen molar-refractivity contribution in [1.82, 2.24) is 4.90 Å². The largest absolute Gasteiger partial charge is 0.495 e. The van der Waals surface area contributed by atoms with Crippen LogP contribution in [-0.2, 0) is 14.0 Å². The summed E-state index contributed by atoms with van der Waals surface area (Å²) in [5.41, 5.74) is 2.25. The number of hydrogen-bond acceptors (Lipinski definition) is 4. The lowest BCUT2D eigenvalue weighted by Crippen LogP contribution is -2.44. The highest BCUT2D eigenvalue weighted by Gasteiger charge is 2.52. The first kappa shape index (κ1) is 22.2. The van der Waals surface area contributed by atoms with E-state index in [0.29, 0.717) is 6.54 Å². The van der Waals surface area contributed by atoms with Crippen LogP contribution in [0.15, 0.2) is 18.2 Å². The summed E-state index contributed by atoms with van der Waals surface area (Å²) in [6.45, 7) is 17.5. The van der Waals surface area contributed by atoms with Gasteiger partial charge in [0.15, 0.2) is 0 Å². The van der Waals surface area contributed by atoms with E-state index >= 15 is 0 Å². The van der Waals surface area contributed by atoms with Crippen LogP contribution in [-0.4, -0.2) is 48.0 Å². The van der Waals surface area contributed by atoms with Crippen LogP contribution in [0, 0.1) is 6.92 Å². The molecular formula is C23H36BNO4. The molecule has 1 atom stereocenters. The number of likely N-dealkylation sites (tertiary alicyclic amines) is 1. The summed E-state index contributed by atoms with van der Waals surface area (Å²) in [5, 5.41) is 0. The number of carbonyl (C=O) groups is 1. The second-order valence-corrected chi connectivity index (χ2v) is 10.5. The number of rotatable bonds is 2. The first-order valence-corrected chi connectivity index (χ1v) is 10.7. The van der Waals surface area contributed by atoms with Crippen LogP contribution >= 0.6 is 0 Å². The average molecular weight is 401 g/mol. The molecule has 0 aliphatic carbocycles. The number of carbonyl (C=O) groups excluding carboxylic acids is 1. The van der Waals surface area contributed by atoms with E-state index in [9.17, 15) is 4.79 Å². The van der Waals surface area contributed by atoms with Gasteiger partial charge in [0, 0.05) is 19.0 Å². The molecule has 2 saturated heterocycles. The number of amides is 1. The third-order valence-electron chi connectivity index (χ3n) is 6.26. The lowest BCUT2D eigenvalue weighted by molar-refractivity contribution is 0.00578. The average Bonchev–Trinajstić information content (AvgIpc) is 2.81. The monoisotopic (exact) mass is 401 g/mol. The molecule has 2 aliphatic rings. The van der Waals surface area contributed by atoms with Gasteiger partial charge in [0.1, 0.15) is 5.60 Å². The van der Waals surface area contributed by atoms with Crippen molar-refractivity contribution >= 4 is 18.7 Å². The molecule has 29 heavy (non-hydrogen) atoms. The van der Waals surface area contributed by atoms with Gasteiger partial charge in [-0.15, -0.1) is 0 Å². The SMILES string of the molecule is Cc1ccc(B2OC(C)(C)C(C)(C)O2)c(C2CCCN(C(=O)OC(C)(C)C)C2)c1. The Morgan fingerprint density at radius 1 is 1.17 bits per heavy atom. The lowest BCUT2D eigenvalue weighted by atomic mass is 9.71. The van der Waals surface area contributed by atoms with E-state index in [4.69, 9.17) is 14.0 Å². The highest BCUT2D eigenvalue weighted by atomic mass is 16.7. The van der Waals surface area contributed by atoms with E-state index < -0.39 is 12.7 Å². The molecule has 0 N–H and O–H groups in total. The van der Waals surface area contributed by atoms with Crippen LogP contribution in [0.5, 0.6) is 0 Å².